The molecule has 18 heavy (non-hydrogen) atoms. The van der Waals surface area contributed by atoms with Crippen LogP contribution in [0.5, 0.6) is 0 Å². The van der Waals surface area contributed by atoms with Gasteiger partial charge in [0.05, 0.1) is 10.6 Å². The van der Waals surface area contributed by atoms with E-state index in [-0.39, 0.29) is 5.91 Å². The summed E-state index contributed by atoms with van der Waals surface area (Å²) in [7, 11) is 3.25. The Bertz CT molecular complexity index is 474. The van der Waals surface area contributed by atoms with Crippen LogP contribution in [-0.4, -0.2) is 42.0 Å². The minimum atomic E-state index is -0.967. The molecule has 0 aliphatic heterocycles. The Labute approximate surface area is 110 Å². The molecule has 98 valence electrons. The van der Waals surface area contributed by atoms with Gasteiger partial charge in [-0.1, -0.05) is 11.6 Å². The Kier molecular flexibility index (Phi) is 4.55. The molecule has 1 atom stereocenters. The van der Waals surface area contributed by atoms with Gasteiger partial charge < -0.3 is 15.3 Å². The smallest absolute Gasteiger partial charge is 0.325 e. The average Bonchev–Trinajstić information content (AvgIpc) is 2.30. The number of carboxylic acid groups (broad SMARTS) is 1. The number of nitrogens with one attached hydrogen (secondary N) is 1. The minimum Gasteiger partial charge on any atom is -0.480 e. The third-order valence-corrected chi connectivity index (χ3v) is 2.69. The second-order valence-corrected chi connectivity index (χ2v) is 4.51. The van der Waals surface area contributed by atoms with Gasteiger partial charge in [-0.15, -0.1) is 0 Å². The van der Waals surface area contributed by atoms with Gasteiger partial charge in [0, 0.05) is 19.8 Å². The Morgan fingerprint density at radius 2 is 2.00 bits per heavy atom. The topological polar surface area (TPSA) is 69.6 Å². The quantitative estimate of drug-likeness (QED) is 0.877. The summed E-state index contributed by atoms with van der Waals surface area (Å²) >= 11 is 5.94. The number of carboxylic acids is 1. The highest BCUT2D eigenvalue weighted by Gasteiger charge is 2.15. The Morgan fingerprint density at radius 1 is 1.39 bits per heavy atom. The number of hydrogen-bond donors (Lipinski definition) is 2. The van der Waals surface area contributed by atoms with Crippen LogP contribution >= 0.6 is 11.6 Å². The third kappa shape index (κ3) is 3.37. The Balaban J connectivity index is 3.01. The SMILES string of the molecule is CC(Nc1ccc(Cl)c(C(=O)N(C)C)c1)C(=O)O. The van der Waals surface area contributed by atoms with Gasteiger partial charge in [-0.05, 0) is 25.1 Å². The van der Waals surface area contributed by atoms with Crippen molar-refractivity contribution in [2.24, 2.45) is 0 Å². The monoisotopic (exact) mass is 270 g/mol. The van der Waals surface area contributed by atoms with Gasteiger partial charge in [0.25, 0.3) is 5.91 Å². The molecule has 0 fully saturated rings. The zero-order valence-corrected chi connectivity index (χ0v) is 11.2. The van der Waals surface area contributed by atoms with Crippen LogP contribution in [0.3, 0.4) is 0 Å². The number of halogens is 1. The first-order chi connectivity index (χ1) is 8.32. The first-order valence-corrected chi connectivity index (χ1v) is 5.71. The molecule has 2 N–H and O–H groups in total. The molecule has 0 bridgehead atoms. The summed E-state index contributed by atoms with van der Waals surface area (Å²) in [6.45, 7) is 1.52. The summed E-state index contributed by atoms with van der Waals surface area (Å²) in [5, 5.41) is 11.9. The summed E-state index contributed by atoms with van der Waals surface area (Å²) < 4.78 is 0. The highest BCUT2D eigenvalue weighted by atomic mass is 35.5. The second-order valence-electron chi connectivity index (χ2n) is 4.10. The van der Waals surface area contributed by atoms with Crippen LogP contribution in [-0.2, 0) is 4.79 Å². The van der Waals surface area contributed by atoms with Gasteiger partial charge in [-0.25, -0.2) is 0 Å². The van der Waals surface area contributed by atoms with Crippen molar-refractivity contribution in [3.8, 4) is 0 Å². The molecule has 0 saturated carbocycles. The van der Waals surface area contributed by atoms with Gasteiger partial charge in [0.1, 0.15) is 6.04 Å². The molecule has 0 radical (unpaired) electrons. The first kappa shape index (κ1) is 14.3. The lowest BCUT2D eigenvalue weighted by Gasteiger charge is -2.15. The maximum Gasteiger partial charge on any atom is 0.325 e. The Hall–Kier alpha value is -1.75. The van der Waals surface area contributed by atoms with Crippen molar-refractivity contribution < 1.29 is 14.7 Å². The lowest BCUT2D eigenvalue weighted by atomic mass is 10.1. The van der Waals surface area contributed by atoms with Crippen molar-refractivity contribution in [1.29, 1.82) is 0 Å². The number of nitrogens with zero attached hydrogens (tertiary/aromatic N) is 1. The summed E-state index contributed by atoms with van der Waals surface area (Å²) in [6, 6.07) is 4.00. The summed E-state index contributed by atoms with van der Waals surface area (Å²) in [6.07, 6.45) is 0. The number of rotatable bonds is 4. The predicted molar refractivity (Wildman–Crippen MR) is 70.2 cm³/mol. The summed E-state index contributed by atoms with van der Waals surface area (Å²) in [5.74, 6) is -1.20. The van der Waals surface area contributed by atoms with Gasteiger partial charge in [0.15, 0.2) is 0 Å². The molecule has 0 saturated heterocycles. The number of carbonyl (C=O) groups is 2. The molecular weight excluding hydrogens is 256 g/mol. The highest BCUT2D eigenvalue weighted by molar-refractivity contribution is 6.34. The number of hydrogen-bond acceptors (Lipinski definition) is 3. The molecule has 0 aliphatic carbocycles. The summed E-state index contributed by atoms with van der Waals surface area (Å²) in [4.78, 5) is 24.0. The van der Waals surface area contributed by atoms with E-state index in [1.165, 1.54) is 11.8 Å². The van der Waals surface area contributed by atoms with Crippen molar-refractivity contribution in [2.45, 2.75) is 13.0 Å². The number of aliphatic carboxylic acids is 1. The number of carbonyl (C=O) groups excluding carboxylic acids is 1. The largest absolute Gasteiger partial charge is 0.480 e. The molecule has 1 rings (SSSR count). The molecule has 1 aromatic rings. The maximum absolute atomic E-state index is 11.8. The molecule has 0 aliphatic rings. The number of benzene rings is 1. The summed E-state index contributed by atoms with van der Waals surface area (Å²) in [5.41, 5.74) is 0.878. The van der Waals surface area contributed by atoms with Crippen LogP contribution in [0.25, 0.3) is 0 Å². The molecule has 0 spiro atoms. The molecule has 5 nitrogen and oxygen atoms in total. The fraction of sp³-hybridized carbons (Fsp3) is 0.333. The van der Waals surface area contributed by atoms with E-state index in [1.807, 2.05) is 0 Å². The van der Waals surface area contributed by atoms with Crippen LogP contribution in [0.15, 0.2) is 18.2 Å². The molecule has 1 unspecified atom stereocenters. The first-order valence-electron chi connectivity index (χ1n) is 5.33. The van der Waals surface area contributed by atoms with Gasteiger partial charge in [-0.3, -0.25) is 9.59 Å². The van der Waals surface area contributed by atoms with E-state index in [4.69, 9.17) is 16.7 Å². The van der Waals surface area contributed by atoms with E-state index in [2.05, 4.69) is 5.32 Å². The zero-order valence-electron chi connectivity index (χ0n) is 10.4. The van der Waals surface area contributed by atoms with E-state index in [0.717, 1.165) is 0 Å². The molecule has 6 heteroatoms. The fourth-order valence-electron chi connectivity index (χ4n) is 1.33. The minimum absolute atomic E-state index is 0.230. The van der Waals surface area contributed by atoms with Crippen molar-refractivity contribution >= 4 is 29.2 Å². The van der Waals surface area contributed by atoms with E-state index in [9.17, 15) is 9.59 Å². The van der Waals surface area contributed by atoms with Crippen molar-refractivity contribution in [3.63, 3.8) is 0 Å². The lowest BCUT2D eigenvalue weighted by molar-refractivity contribution is -0.137. The van der Waals surface area contributed by atoms with Crippen LogP contribution in [0.1, 0.15) is 17.3 Å². The zero-order chi connectivity index (χ0) is 13.9. The Morgan fingerprint density at radius 3 is 2.50 bits per heavy atom. The number of anilines is 1. The standard InChI is InChI=1S/C12H15ClN2O3/c1-7(12(17)18)14-8-4-5-10(13)9(6-8)11(16)15(2)3/h4-7,14H,1-3H3,(H,17,18). The van der Waals surface area contributed by atoms with E-state index < -0.39 is 12.0 Å². The van der Waals surface area contributed by atoms with Crippen LogP contribution < -0.4 is 5.32 Å². The highest BCUT2D eigenvalue weighted by Crippen LogP contribution is 2.22. The van der Waals surface area contributed by atoms with E-state index in [0.29, 0.717) is 16.3 Å². The van der Waals surface area contributed by atoms with Crippen LogP contribution in [0, 0.1) is 0 Å². The molecule has 1 aromatic carbocycles. The average molecular weight is 271 g/mol. The van der Waals surface area contributed by atoms with Crippen molar-refractivity contribution in [2.75, 3.05) is 19.4 Å². The van der Waals surface area contributed by atoms with E-state index >= 15 is 0 Å². The maximum atomic E-state index is 11.8. The normalized spacial score (nSPS) is 11.8. The van der Waals surface area contributed by atoms with Gasteiger partial charge in [-0.2, -0.15) is 0 Å². The second kappa shape index (κ2) is 5.73. The third-order valence-electron chi connectivity index (χ3n) is 2.36. The van der Waals surface area contributed by atoms with Crippen molar-refractivity contribution in [3.05, 3.63) is 28.8 Å². The molecule has 1 amide bonds. The van der Waals surface area contributed by atoms with E-state index in [1.54, 1.807) is 32.3 Å². The number of amides is 1. The predicted octanol–water partition coefficient (Wildman–Crippen LogP) is 1.93. The van der Waals surface area contributed by atoms with Crippen molar-refractivity contribution in [1.82, 2.24) is 4.90 Å². The molecular formula is C12H15ClN2O3. The lowest BCUT2D eigenvalue weighted by Crippen LogP contribution is -2.26. The van der Waals surface area contributed by atoms with Crippen LogP contribution in [0.2, 0.25) is 5.02 Å². The van der Waals surface area contributed by atoms with Crippen LogP contribution in [0.4, 0.5) is 5.69 Å². The molecule has 0 heterocycles. The fourth-order valence-corrected chi connectivity index (χ4v) is 1.53. The van der Waals surface area contributed by atoms with Gasteiger partial charge in [0.2, 0.25) is 0 Å². The van der Waals surface area contributed by atoms with Gasteiger partial charge >= 0.3 is 5.97 Å². The molecule has 0 aromatic heterocycles.